The lowest BCUT2D eigenvalue weighted by Crippen LogP contribution is -2.19. The van der Waals surface area contributed by atoms with E-state index in [0.717, 1.165) is 7.11 Å². The molecule has 0 aliphatic carbocycles. The summed E-state index contributed by atoms with van der Waals surface area (Å²) in [5.41, 5.74) is -1.82. The molecule has 0 fully saturated rings. The number of carbonyl (C=O) groups is 1. The van der Waals surface area contributed by atoms with Gasteiger partial charge in [-0.1, -0.05) is 0 Å². The van der Waals surface area contributed by atoms with Crippen molar-refractivity contribution < 1.29 is 41.0 Å². The van der Waals surface area contributed by atoms with Gasteiger partial charge in [0, 0.05) is 0 Å². The number of rotatable bonds is 4. The van der Waals surface area contributed by atoms with Crippen LogP contribution in [0.5, 0.6) is 11.5 Å². The van der Waals surface area contributed by atoms with Crippen molar-refractivity contribution in [2.24, 2.45) is 0 Å². The molecule has 0 unspecified atom stereocenters. The molecule has 1 aromatic carbocycles. The summed E-state index contributed by atoms with van der Waals surface area (Å²) in [5, 5.41) is 8.85. The highest BCUT2D eigenvalue weighted by atomic mass is 19.4. The fraction of sp³-hybridized carbons (Fsp3) is 0.273. The lowest BCUT2D eigenvalue weighted by molar-refractivity contribution is -0.274. The second-order valence-corrected chi connectivity index (χ2v) is 3.34. The van der Waals surface area contributed by atoms with Crippen molar-refractivity contribution in [1.82, 2.24) is 0 Å². The van der Waals surface area contributed by atoms with Crippen molar-refractivity contribution in [2.45, 2.75) is 13.0 Å². The van der Waals surface area contributed by atoms with E-state index in [4.69, 9.17) is 5.26 Å². The Hall–Kier alpha value is -2.57. The van der Waals surface area contributed by atoms with Gasteiger partial charge < -0.3 is 14.2 Å². The zero-order valence-corrected chi connectivity index (χ0v) is 10.2. The van der Waals surface area contributed by atoms with Crippen LogP contribution >= 0.6 is 0 Å². The summed E-state index contributed by atoms with van der Waals surface area (Å²) < 4.78 is 72.7. The van der Waals surface area contributed by atoms with Gasteiger partial charge in [-0.15, -0.1) is 13.2 Å². The maximum absolute atomic E-state index is 12.2. The van der Waals surface area contributed by atoms with Crippen LogP contribution in [0.2, 0.25) is 0 Å². The summed E-state index contributed by atoms with van der Waals surface area (Å²) in [7, 11) is 0.854. The molecular formula is C11H6F5NO4. The van der Waals surface area contributed by atoms with Crippen LogP contribution in [0.15, 0.2) is 12.1 Å². The number of ether oxygens (including phenoxy) is 3. The Kier molecular flexibility index (Phi) is 4.91. The van der Waals surface area contributed by atoms with Crippen LogP contribution in [-0.2, 0) is 4.74 Å². The molecule has 0 bridgehead atoms. The second kappa shape index (κ2) is 6.25. The number of hydrogen-bond acceptors (Lipinski definition) is 5. The van der Waals surface area contributed by atoms with Gasteiger partial charge in [0.05, 0.1) is 7.11 Å². The number of alkyl halides is 5. The molecular weight excluding hydrogens is 305 g/mol. The van der Waals surface area contributed by atoms with Gasteiger partial charge >= 0.3 is 18.9 Å². The summed E-state index contributed by atoms with van der Waals surface area (Å²) in [6, 6.07) is 2.48. The molecule has 0 aliphatic heterocycles. The normalized spacial score (nSPS) is 11.0. The Balaban J connectivity index is 3.46. The molecule has 5 nitrogen and oxygen atoms in total. The Morgan fingerprint density at radius 2 is 1.86 bits per heavy atom. The van der Waals surface area contributed by atoms with E-state index in [2.05, 4.69) is 14.2 Å². The summed E-state index contributed by atoms with van der Waals surface area (Å²) in [6.07, 6.45) is -5.13. The first-order chi connectivity index (χ1) is 9.69. The Morgan fingerprint density at radius 1 is 1.29 bits per heavy atom. The number of benzene rings is 1. The van der Waals surface area contributed by atoms with Crippen LogP contribution in [0.1, 0.15) is 15.9 Å². The van der Waals surface area contributed by atoms with Crippen LogP contribution in [0.3, 0.4) is 0 Å². The minimum atomic E-state index is -5.13. The monoisotopic (exact) mass is 311 g/mol. The van der Waals surface area contributed by atoms with Crippen molar-refractivity contribution >= 4 is 5.97 Å². The second-order valence-electron chi connectivity index (χ2n) is 3.34. The minimum Gasteiger partial charge on any atom is -0.465 e. The predicted molar refractivity (Wildman–Crippen MR) is 55.8 cm³/mol. The van der Waals surface area contributed by atoms with E-state index >= 15 is 0 Å². The van der Waals surface area contributed by atoms with Crippen LogP contribution < -0.4 is 9.47 Å². The average molecular weight is 311 g/mol. The van der Waals surface area contributed by atoms with Gasteiger partial charge in [0.1, 0.15) is 28.7 Å². The zero-order chi connectivity index (χ0) is 16.2. The van der Waals surface area contributed by atoms with Crippen molar-refractivity contribution in [1.29, 1.82) is 5.26 Å². The molecule has 0 saturated carbocycles. The highest BCUT2D eigenvalue weighted by Gasteiger charge is 2.34. The molecule has 0 amide bonds. The largest absolute Gasteiger partial charge is 0.573 e. The van der Waals surface area contributed by atoms with E-state index < -0.39 is 41.6 Å². The highest BCUT2D eigenvalue weighted by Crippen LogP contribution is 2.34. The van der Waals surface area contributed by atoms with Crippen molar-refractivity contribution in [3.8, 4) is 17.6 Å². The fourth-order valence-corrected chi connectivity index (χ4v) is 1.38. The maximum Gasteiger partial charge on any atom is 0.573 e. The van der Waals surface area contributed by atoms with Crippen LogP contribution in [0, 0.1) is 11.3 Å². The number of methoxy groups -OCH3 is 1. The third-order valence-corrected chi connectivity index (χ3v) is 2.07. The lowest BCUT2D eigenvalue weighted by Gasteiger charge is -2.15. The van der Waals surface area contributed by atoms with Crippen molar-refractivity contribution in [3.05, 3.63) is 23.3 Å². The molecule has 1 rings (SSSR count). The number of nitriles is 1. The molecule has 0 radical (unpaired) electrons. The van der Waals surface area contributed by atoms with Gasteiger partial charge in [-0.3, -0.25) is 0 Å². The van der Waals surface area contributed by atoms with Gasteiger partial charge in [-0.05, 0) is 12.1 Å². The van der Waals surface area contributed by atoms with E-state index in [9.17, 15) is 26.7 Å². The molecule has 1 aromatic rings. The number of nitrogens with zero attached hydrogens (tertiary/aromatic N) is 1. The first kappa shape index (κ1) is 16.5. The quantitative estimate of drug-likeness (QED) is 0.632. The van der Waals surface area contributed by atoms with Gasteiger partial charge in [-0.25, -0.2) is 4.79 Å². The maximum atomic E-state index is 12.2. The Bertz CT molecular complexity index is 579. The van der Waals surface area contributed by atoms with E-state index in [-0.39, 0.29) is 0 Å². The molecule has 10 heteroatoms. The molecule has 0 saturated heterocycles. The van der Waals surface area contributed by atoms with Crippen molar-refractivity contribution in [3.63, 3.8) is 0 Å². The molecule has 0 aliphatic rings. The zero-order valence-electron chi connectivity index (χ0n) is 10.2. The first-order valence-corrected chi connectivity index (χ1v) is 5.05. The molecule has 0 heterocycles. The average Bonchev–Trinajstić information content (AvgIpc) is 2.36. The van der Waals surface area contributed by atoms with Crippen LogP contribution in [0.4, 0.5) is 22.0 Å². The lowest BCUT2D eigenvalue weighted by atomic mass is 10.1. The fourth-order valence-electron chi connectivity index (χ4n) is 1.38. The first-order valence-electron chi connectivity index (χ1n) is 5.05. The summed E-state index contributed by atoms with van der Waals surface area (Å²) in [6.45, 7) is -3.35. The Labute approximate surface area is 114 Å². The molecule has 0 aromatic heterocycles. The van der Waals surface area contributed by atoms with E-state index in [1.807, 2.05) is 0 Å². The summed E-state index contributed by atoms with van der Waals surface area (Å²) >= 11 is 0. The van der Waals surface area contributed by atoms with Crippen LogP contribution in [-0.4, -0.2) is 26.1 Å². The van der Waals surface area contributed by atoms with E-state index in [0.29, 0.717) is 12.1 Å². The Morgan fingerprint density at radius 3 is 2.29 bits per heavy atom. The minimum absolute atomic E-state index is 0.580. The highest BCUT2D eigenvalue weighted by molar-refractivity contribution is 5.96. The number of halogens is 5. The topological polar surface area (TPSA) is 68.6 Å². The van der Waals surface area contributed by atoms with E-state index in [1.54, 1.807) is 0 Å². The molecule has 0 atom stereocenters. The van der Waals surface area contributed by atoms with Gasteiger partial charge in [0.25, 0.3) is 0 Å². The molecule has 21 heavy (non-hydrogen) atoms. The smallest absolute Gasteiger partial charge is 0.465 e. The number of esters is 1. The number of carbonyl (C=O) groups excluding carboxylic acids is 1. The third-order valence-electron chi connectivity index (χ3n) is 2.07. The predicted octanol–water partition coefficient (Wildman–Crippen LogP) is 2.84. The van der Waals surface area contributed by atoms with E-state index in [1.165, 1.54) is 6.07 Å². The third kappa shape index (κ3) is 4.20. The SMILES string of the molecule is COC(=O)c1c(OC(F)F)ccc(OC(F)(F)F)c1C#N. The molecule has 0 spiro atoms. The van der Waals surface area contributed by atoms with Crippen LogP contribution in [0.25, 0.3) is 0 Å². The summed E-state index contributed by atoms with van der Waals surface area (Å²) in [4.78, 5) is 11.5. The standard InChI is InChI=1S/C11H6F5NO4/c1-19-9(18)8-5(4-17)6(21-11(14,15)16)2-3-7(8)20-10(12)13/h2-3,10H,1H3. The van der Waals surface area contributed by atoms with Gasteiger partial charge in [0.15, 0.2) is 0 Å². The molecule has 0 N–H and O–H groups in total. The van der Waals surface area contributed by atoms with Crippen molar-refractivity contribution in [2.75, 3.05) is 7.11 Å². The number of hydrogen-bond donors (Lipinski definition) is 0. The van der Waals surface area contributed by atoms with Gasteiger partial charge in [0.2, 0.25) is 0 Å². The van der Waals surface area contributed by atoms with Gasteiger partial charge in [-0.2, -0.15) is 14.0 Å². The molecule has 114 valence electrons. The summed E-state index contributed by atoms with van der Waals surface area (Å²) in [5.74, 6) is -3.16.